The predicted molar refractivity (Wildman–Crippen MR) is 40.0 cm³/mol. The summed E-state index contributed by atoms with van der Waals surface area (Å²) in [7, 11) is 0. The van der Waals surface area contributed by atoms with E-state index in [-0.39, 0.29) is 57.5 Å². The van der Waals surface area contributed by atoms with Gasteiger partial charge in [-0.3, -0.25) is 0 Å². The average Bonchev–Trinajstić information content (AvgIpc) is 1.87. The molecule has 0 atom stereocenters. The molecule has 0 amide bonds. The molecule has 0 radical (unpaired) electrons. The quantitative estimate of drug-likeness (QED) is 0.442. The van der Waals surface area contributed by atoms with Crippen LogP contribution in [0.15, 0.2) is 0 Å². The largest absolute Gasteiger partial charge is 1.00 e. The van der Waals surface area contributed by atoms with Crippen molar-refractivity contribution in [2.24, 2.45) is 5.41 Å². The van der Waals surface area contributed by atoms with Gasteiger partial charge < -0.3 is 10.4 Å². The summed E-state index contributed by atoms with van der Waals surface area (Å²) < 4.78 is 0. The van der Waals surface area contributed by atoms with Crippen LogP contribution in [0.5, 0.6) is 0 Å². The summed E-state index contributed by atoms with van der Waals surface area (Å²) in [6, 6.07) is 0. The van der Waals surface area contributed by atoms with Crippen LogP contribution in [-0.4, -0.2) is 24.3 Å². The summed E-state index contributed by atoms with van der Waals surface area (Å²) in [5, 5.41) is 13.4. The van der Waals surface area contributed by atoms with Crippen molar-refractivity contribution in [3.63, 3.8) is 0 Å². The van der Waals surface area contributed by atoms with Gasteiger partial charge in [-0.2, -0.15) is 0 Å². The Bertz CT molecular complexity index is 119. The van der Waals surface area contributed by atoms with Crippen LogP contribution in [0.25, 0.3) is 5.32 Å². The van der Waals surface area contributed by atoms with E-state index in [1.807, 2.05) is 0 Å². The second-order valence-corrected chi connectivity index (χ2v) is 3.73. The van der Waals surface area contributed by atoms with E-state index in [1.165, 1.54) is 12.8 Å². The van der Waals surface area contributed by atoms with Gasteiger partial charge in [-0.05, 0) is 18.3 Å². The van der Waals surface area contributed by atoms with Crippen LogP contribution in [0.2, 0.25) is 0 Å². The second kappa shape index (κ2) is 4.18. The van der Waals surface area contributed by atoms with Crippen molar-refractivity contribution in [1.29, 1.82) is 0 Å². The molecular weight excluding hydrogens is 165 g/mol. The maximum Gasteiger partial charge on any atom is 1.00 e. The fourth-order valence-corrected chi connectivity index (χ4v) is 2.22. The molecule has 11 heavy (non-hydrogen) atoms. The van der Waals surface area contributed by atoms with Crippen LogP contribution >= 0.6 is 0 Å². The number of aliphatic hydroxyl groups is 1. The van der Waals surface area contributed by atoms with Gasteiger partial charge in [0.25, 0.3) is 0 Å². The number of hydrogen-bond donors (Lipinski definition) is 1. The van der Waals surface area contributed by atoms with Gasteiger partial charge in [0, 0.05) is 0 Å². The molecule has 0 aromatic carbocycles. The Balaban J connectivity index is 0.000000605. The Labute approximate surface area is 111 Å². The zero-order chi connectivity index (χ0) is 7.03. The van der Waals surface area contributed by atoms with Gasteiger partial charge in [-0.25, -0.2) is 0 Å². The molecule has 1 spiro atoms. The first-order valence-corrected chi connectivity index (χ1v) is 4.12. The third-order valence-corrected chi connectivity index (χ3v) is 2.94. The van der Waals surface area contributed by atoms with Crippen LogP contribution < -0.4 is 51.4 Å². The molecule has 1 aliphatic heterocycles. The van der Waals surface area contributed by atoms with E-state index in [2.05, 4.69) is 5.32 Å². The first-order valence-electron chi connectivity index (χ1n) is 4.12. The third kappa shape index (κ3) is 2.27. The van der Waals surface area contributed by atoms with Crippen molar-refractivity contribution in [3.8, 4) is 0 Å². The molecule has 2 rings (SSSR count). The molecule has 0 bridgehead atoms. The Kier molecular flexibility index (Phi) is 4.04. The van der Waals surface area contributed by atoms with Gasteiger partial charge in [0.15, 0.2) is 0 Å². The SMILES string of the molecule is OC1CC2(CC[N-]CC2)C1.[K+]. The fraction of sp³-hybridized carbons (Fsp3) is 1.00. The Hall–Kier alpha value is 1.56. The Morgan fingerprint density at radius 1 is 1.18 bits per heavy atom. The second-order valence-electron chi connectivity index (χ2n) is 3.73. The molecule has 3 heteroatoms. The van der Waals surface area contributed by atoms with Crippen molar-refractivity contribution in [3.05, 3.63) is 5.32 Å². The first-order chi connectivity index (χ1) is 4.81. The summed E-state index contributed by atoms with van der Waals surface area (Å²) in [5.74, 6) is 0. The minimum atomic E-state index is 0. The molecule has 0 aromatic rings. The normalized spacial score (nSPS) is 29.2. The topological polar surface area (TPSA) is 34.3 Å². The molecule has 1 N–H and O–H groups in total. The number of nitrogens with zero attached hydrogens (tertiary/aromatic N) is 1. The summed E-state index contributed by atoms with van der Waals surface area (Å²) >= 11 is 0. The van der Waals surface area contributed by atoms with Crippen LogP contribution in [0, 0.1) is 5.41 Å². The van der Waals surface area contributed by atoms with Crippen LogP contribution in [-0.2, 0) is 0 Å². The van der Waals surface area contributed by atoms with Crippen molar-refractivity contribution < 1.29 is 56.5 Å². The van der Waals surface area contributed by atoms with Gasteiger partial charge in [0.2, 0.25) is 0 Å². The third-order valence-electron chi connectivity index (χ3n) is 2.94. The van der Waals surface area contributed by atoms with E-state index in [1.54, 1.807) is 0 Å². The molecule has 2 aliphatic rings. The smallest absolute Gasteiger partial charge is 0.662 e. The minimum absolute atomic E-state index is 0. The molecule has 0 unspecified atom stereocenters. The zero-order valence-corrected chi connectivity index (χ0v) is 10.3. The first kappa shape index (κ1) is 10.6. The number of rotatable bonds is 0. The van der Waals surface area contributed by atoms with Gasteiger partial charge in [0.05, 0.1) is 6.10 Å². The monoisotopic (exact) mass is 179 g/mol. The molecule has 1 saturated carbocycles. The maximum atomic E-state index is 9.13. The van der Waals surface area contributed by atoms with Crippen molar-refractivity contribution in [2.75, 3.05) is 13.1 Å². The molecule has 2 nitrogen and oxygen atoms in total. The minimum Gasteiger partial charge on any atom is -0.662 e. The average molecular weight is 179 g/mol. The summed E-state index contributed by atoms with van der Waals surface area (Å²) in [6.45, 7) is 2.07. The standard InChI is InChI=1S/C8H14NO.K/c10-7-5-8(6-7)1-3-9-4-2-8;/h7,10H,1-6H2;/q-1;+1. The summed E-state index contributed by atoms with van der Waals surface area (Å²) in [4.78, 5) is 0. The van der Waals surface area contributed by atoms with Crippen molar-refractivity contribution in [2.45, 2.75) is 31.8 Å². The van der Waals surface area contributed by atoms with Gasteiger partial charge in [-0.15, -0.1) is 13.1 Å². The van der Waals surface area contributed by atoms with Crippen LogP contribution in [0.4, 0.5) is 0 Å². The van der Waals surface area contributed by atoms with Gasteiger partial charge in [-0.1, -0.05) is 12.8 Å². The zero-order valence-electron chi connectivity index (χ0n) is 7.21. The molecule has 58 valence electrons. The Morgan fingerprint density at radius 2 is 1.73 bits per heavy atom. The summed E-state index contributed by atoms with van der Waals surface area (Å²) in [6.07, 6.45) is 4.55. The van der Waals surface area contributed by atoms with Gasteiger partial charge >= 0.3 is 51.4 Å². The molecular formula is C8H14KNO. The molecule has 1 saturated heterocycles. The molecule has 1 aliphatic carbocycles. The van der Waals surface area contributed by atoms with E-state index >= 15 is 0 Å². The van der Waals surface area contributed by atoms with Crippen LogP contribution in [0.1, 0.15) is 25.7 Å². The van der Waals surface area contributed by atoms with E-state index in [0.29, 0.717) is 5.41 Å². The number of piperidine rings is 1. The molecule has 0 aromatic heterocycles. The molecule has 1 heterocycles. The summed E-state index contributed by atoms with van der Waals surface area (Å²) in [5.41, 5.74) is 0.529. The van der Waals surface area contributed by atoms with E-state index in [0.717, 1.165) is 25.9 Å². The number of aliphatic hydroxyl groups excluding tert-OH is 1. The van der Waals surface area contributed by atoms with Gasteiger partial charge in [0.1, 0.15) is 0 Å². The Morgan fingerprint density at radius 3 is 2.18 bits per heavy atom. The van der Waals surface area contributed by atoms with Crippen LogP contribution in [0.3, 0.4) is 0 Å². The fourth-order valence-electron chi connectivity index (χ4n) is 2.22. The number of hydrogen-bond acceptors (Lipinski definition) is 1. The van der Waals surface area contributed by atoms with E-state index < -0.39 is 0 Å². The van der Waals surface area contributed by atoms with Crippen molar-refractivity contribution in [1.82, 2.24) is 0 Å². The maximum absolute atomic E-state index is 9.13. The van der Waals surface area contributed by atoms with E-state index in [9.17, 15) is 0 Å². The predicted octanol–water partition coefficient (Wildman–Crippen LogP) is -1.70. The van der Waals surface area contributed by atoms with E-state index in [4.69, 9.17) is 5.11 Å². The van der Waals surface area contributed by atoms with Crippen molar-refractivity contribution >= 4 is 0 Å². The molecule has 2 fully saturated rings.